The summed E-state index contributed by atoms with van der Waals surface area (Å²) in [5, 5.41) is 2.18. The van der Waals surface area contributed by atoms with Gasteiger partial charge in [0.1, 0.15) is 0 Å². The van der Waals surface area contributed by atoms with E-state index in [-0.39, 0.29) is 0 Å². The first-order valence-corrected chi connectivity index (χ1v) is 4.03. The van der Waals surface area contributed by atoms with Crippen molar-refractivity contribution in [3.8, 4) is 0 Å². The number of nitrogens with two attached hydrogens (primary N) is 1. The summed E-state index contributed by atoms with van der Waals surface area (Å²) in [6.45, 7) is 8.16. The average molecular weight is 145 g/mol. The highest BCUT2D eigenvalue weighted by atomic mass is 15.5. The topological polar surface area (TPSA) is 41.3 Å². The van der Waals surface area contributed by atoms with Gasteiger partial charge in [0.2, 0.25) is 0 Å². The predicted octanol–water partition coefficient (Wildman–Crippen LogP) is 0.182. The molecule has 0 rings (SSSR count). The smallest absolute Gasteiger partial charge is 0.0114 e. The van der Waals surface area contributed by atoms with Crippen molar-refractivity contribution < 1.29 is 0 Å². The van der Waals surface area contributed by atoms with Gasteiger partial charge in [-0.1, -0.05) is 13.8 Å². The van der Waals surface area contributed by atoms with Gasteiger partial charge >= 0.3 is 0 Å². The van der Waals surface area contributed by atoms with Crippen LogP contribution in [0.25, 0.3) is 0 Å². The number of nitrogens with zero attached hydrogens (tertiary/aromatic N) is 1. The second-order valence-electron chi connectivity index (χ2n) is 2.22. The molecule has 3 heteroatoms. The Morgan fingerprint density at radius 1 is 1.30 bits per heavy atom. The van der Waals surface area contributed by atoms with Crippen LogP contribution < -0.4 is 11.2 Å². The molecule has 62 valence electrons. The van der Waals surface area contributed by atoms with E-state index in [1.165, 1.54) is 0 Å². The maximum atomic E-state index is 5.34. The van der Waals surface area contributed by atoms with Crippen molar-refractivity contribution in [2.75, 3.05) is 26.2 Å². The molecule has 0 aromatic rings. The Morgan fingerprint density at radius 2 is 1.90 bits per heavy atom. The lowest BCUT2D eigenvalue weighted by Crippen LogP contribution is -2.38. The molecule has 0 aliphatic rings. The summed E-state index contributed by atoms with van der Waals surface area (Å²) >= 11 is 0. The molecule has 0 saturated heterocycles. The van der Waals surface area contributed by atoms with Gasteiger partial charge in [-0.2, -0.15) is 0 Å². The minimum atomic E-state index is 0.772. The molecule has 0 aliphatic carbocycles. The fourth-order valence-corrected chi connectivity index (χ4v) is 0.786. The first-order valence-electron chi connectivity index (χ1n) is 4.03. The molecule has 0 bridgehead atoms. The van der Waals surface area contributed by atoms with Crippen LogP contribution in [0.5, 0.6) is 0 Å². The number of rotatable bonds is 6. The molecular formula is C7H19N3. The molecule has 0 unspecified atom stereocenters. The van der Waals surface area contributed by atoms with Crippen LogP contribution in [0.3, 0.4) is 0 Å². The van der Waals surface area contributed by atoms with Crippen LogP contribution in [0, 0.1) is 0 Å². The van der Waals surface area contributed by atoms with Crippen molar-refractivity contribution in [3.63, 3.8) is 0 Å². The molecule has 0 atom stereocenters. The van der Waals surface area contributed by atoms with E-state index in [0.717, 1.165) is 32.6 Å². The second-order valence-corrected chi connectivity index (χ2v) is 2.22. The van der Waals surface area contributed by atoms with Crippen molar-refractivity contribution in [1.82, 2.24) is 10.4 Å². The molecule has 0 heterocycles. The number of hydrogen-bond acceptors (Lipinski definition) is 3. The monoisotopic (exact) mass is 145 g/mol. The standard InChI is InChI=1S/C7H19N3/c1-3-10(4-2)9-7-5-6-8/h9H,3-8H2,1-2H3. The van der Waals surface area contributed by atoms with Crippen molar-refractivity contribution in [2.24, 2.45) is 5.73 Å². The Kier molecular flexibility index (Phi) is 6.91. The van der Waals surface area contributed by atoms with E-state index in [4.69, 9.17) is 5.73 Å². The minimum Gasteiger partial charge on any atom is -0.330 e. The van der Waals surface area contributed by atoms with E-state index in [2.05, 4.69) is 24.3 Å². The maximum Gasteiger partial charge on any atom is 0.0114 e. The summed E-state index contributed by atoms with van der Waals surface area (Å²) in [4.78, 5) is 0. The molecule has 10 heavy (non-hydrogen) atoms. The van der Waals surface area contributed by atoms with Gasteiger partial charge < -0.3 is 5.73 Å². The fourth-order valence-electron chi connectivity index (χ4n) is 0.786. The highest BCUT2D eigenvalue weighted by Gasteiger charge is 1.94. The minimum absolute atomic E-state index is 0.772. The summed E-state index contributed by atoms with van der Waals surface area (Å²) in [7, 11) is 0. The Morgan fingerprint density at radius 3 is 2.30 bits per heavy atom. The van der Waals surface area contributed by atoms with Gasteiger partial charge in [-0.15, -0.1) is 0 Å². The predicted molar refractivity (Wildman–Crippen MR) is 44.6 cm³/mol. The van der Waals surface area contributed by atoms with Crippen LogP contribution in [-0.4, -0.2) is 31.2 Å². The van der Waals surface area contributed by atoms with E-state index >= 15 is 0 Å². The molecule has 0 fully saturated rings. The summed E-state index contributed by atoms with van der Waals surface area (Å²) < 4.78 is 0. The zero-order valence-corrected chi connectivity index (χ0v) is 7.06. The Balaban J connectivity index is 3.09. The van der Waals surface area contributed by atoms with E-state index in [0.29, 0.717) is 0 Å². The molecule has 0 spiro atoms. The first-order chi connectivity index (χ1) is 4.85. The lowest BCUT2D eigenvalue weighted by atomic mass is 10.4. The summed E-state index contributed by atoms with van der Waals surface area (Å²) in [5.41, 5.74) is 8.61. The fraction of sp³-hybridized carbons (Fsp3) is 1.00. The summed E-state index contributed by atoms with van der Waals surface area (Å²) in [6.07, 6.45) is 1.05. The third-order valence-corrected chi connectivity index (χ3v) is 1.48. The van der Waals surface area contributed by atoms with Crippen LogP contribution in [-0.2, 0) is 0 Å². The van der Waals surface area contributed by atoms with Gasteiger partial charge in [0, 0.05) is 19.6 Å². The van der Waals surface area contributed by atoms with Gasteiger partial charge in [-0.25, -0.2) is 5.01 Å². The molecule has 0 aromatic carbocycles. The first kappa shape index (κ1) is 9.88. The molecule has 0 amide bonds. The van der Waals surface area contributed by atoms with Gasteiger partial charge in [0.05, 0.1) is 0 Å². The molecule has 0 radical (unpaired) electrons. The zero-order chi connectivity index (χ0) is 7.82. The molecule has 0 saturated carbocycles. The number of hydrazine groups is 1. The number of hydrogen-bond donors (Lipinski definition) is 2. The highest BCUT2D eigenvalue weighted by molar-refractivity contribution is 4.46. The summed E-state index contributed by atoms with van der Waals surface area (Å²) in [6, 6.07) is 0. The molecule has 3 nitrogen and oxygen atoms in total. The quantitative estimate of drug-likeness (QED) is 0.414. The number of nitrogens with one attached hydrogen (secondary N) is 1. The lowest BCUT2D eigenvalue weighted by molar-refractivity contribution is 0.209. The van der Waals surface area contributed by atoms with Crippen LogP contribution in [0.4, 0.5) is 0 Å². The van der Waals surface area contributed by atoms with Crippen molar-refractivity contribution in [3.05, 3.63) is 0 Å². The van der Waals surface area contributed by atoms with Crippen molar-refractivity contribution in [2.45, 2.75) is 20.3 Å². The van der Waals surface area contributed by atoms with E-state index in [9.17, 15) is 0 Å². The summed E-state index contributed by atoms with van der Waals surface area (Å²) in [5.74, 6) is 0. The average Bonchev–Trinajstić information content (AvgIpc) is 1.99. The molecule has 3 N–H and O–H groups in total. The maximum absolute atomic E-state index is 5.34. The lowest BCUT2D eigenvalue weighted by Gasteiger charge is -2.18. The Hall–Kier alpha value is -0.120. The molecule has 0 aliphatic heterocycles. The van der Waals surface area contributed by atoms with E-state index < -0.39 is 0 Å². The van der Waals surface area contributed by atoms with Gasteiger partial charge in [-0.3, -0.25) is 5.43 Å². The van der Waals surface area contributed by atoms with E-state index in [1.54, 1.807) is 0 Å². The SMILES string of the molecule is CCN(CC)NCCCN. The Bertz CT molecular complexity index is 61.9. The Labute approximate surface area is 63.5 Å². The molecular weight excluding hydrogens is 126 g/mol. The zero-order valence-electron chi connectivity index (χ0n) is 7.06. The van der Waals surface area contributed by atoms with Crippen LogP contribution in [0.2, 0.25) is 0 Å². The third-order valence-electron chi connectivity index (χ3n) is 1.48. The van der Waals surface area contributed by atoms with Gasteiger partial charge in [0.25, 0.3) is 0 Å². The van der Waals surface area contributed by atoms with Crippen molar-refractivity contribution >= 4 is 0 Å². The van der Waals surface area contributed by atoms with Gasteiger partial charge in [-0.05, 0) is 13.0 Å². The van der Waals surface area contributed by atoms with E-state index in [1.807, 2.05) is 0 Å². The third kappa shape index (κ3) is 4.73. The van der Waals surface area contributed by atoms with Gasteiger partial charge in [0.15, 0.2) is 0 Å². The van der Waals surface area contributed by atoms with Crippen LogP contribution >= 0.6 is 0 Å². The molecule has 0 aromatic heterocycles. The second kappa shape index (κ2) is 6.99. The van der Waals surface area contributed by atoms with Crippen LogP contribution in [0.1, 0.15) is 20.3 Å². The normalized spacial score (nSPS) is 10.8. The highest BCUT2D eigenvalue weighted by Crippen LogP contribution is 1.79. The van der Waals surface area contributed by atoms with Crippen LogP contribution in [0.15, 0.2) is 0 Å². The largest absolute Gasteiger partial charge is 0.330 e. The van der Waals surface area contributed by atoms with Crippen molar-refractivity contribution in [1.29, 1.82) is 0 Å².